The van der Waals surface area contributed by atoms with E-state index in [2.05, 4.69) is 0 Å². The monoisotopic (exact) mass is 290 g/mol. The molecule has 0 amide bonds. The van der Waals surface area contributed by atoms with Crippen molar-refractivity contribution in [1.82, 2.24) is 0 Å². The lowest BCUT2D eigenvalue weighted by atomic mass is 9.98. The first kappa shape index (κ1) is 14.1. The van der Waals surface area contributed by atoms with Gasteiger partial charge in [0.05, 0.1) is 12.7 Å². The molecular formula is C15H11ClO4. The van der Waals surface area contributed by atoms with Crippen molar-refractivity contribution >= 4 is 23.4 Å². The SMILES string of the molecule is COc1ccc(C(=O)c2ccc(Cl)cc2)c(C(=O)O)c1. The number of aromatic carboxylic acids is 1. The number of rotatable bonds is 4. The molecule has 0 saturated heterocycles. The third-order valence-electron chi connectivity index (χ3n) is 2.81. The molecule has 0 aliphatic carbocycles. The van der Waals surface area contributed by atoms with E-state index in [0.29, 0.717) is 16.3 Å². The van der Waals surface area contributed by atoms with Crippen molar-refractivity contribution < 1.29 is 19.4 Å². The fraction of sp³-hybridized carbons (Fsp3) is 0.0667. The molecule has 2 aromatic rings. The summed E-state index contributed by atoms with van der Waals surface area (Å²) in [6, 6.07) is 10.6. The fourth-order valence-electron chi connectivity index (χ4n) is 1.78. The smallest absolute Gasteiger partial charge is 0.336 e. The van der Waals surface area contributed by atoms with Crippen LogP contribution in [0.2, 0.25) is 5.02 Å². The van der Waals surface area contributed by atoms with Crippen LogP contribution in [0.3, 0.4) is 0 Å². The summed E-state index contributed by atoms with van der Waals surface area (Å²) in [5.41, 5.74) is 0.395. The lowest BCUT2D eigenvalue weighted by molar-refractivity contribution is 0.0692. The zero-order valence-electron chi connectivity index (χ0n) is 10.6. The lowest BCUT2D eigenvalue weighted by Gasteiger charge is -2.08. The highest BCUT2D eigenvalue weighted by Crippen LogP contribution is 2.21. The Morgan fingerprint density at radius 1 is 1.05 bits per heavy atom. The van der Waals surface area contributed by atoms with E-state index in [-0.39, 0.29) is 16.9 Å². The first-order valence-corrected chi connectivity index (χ1v) is 6.12. The summed E-state index contributed by atoms with van der Waals surface area (Å²) in [6.07, 6.45) is 0. The Kier molecular flexibility index (Phi) is 4.05. The van der Waals surface area contributed by atoms with Crippen LogP contribution in [-0.4, -0.2) is 24.0 Å². The number of carboxylic acid groups (broad SMARTS) is 1. The van der Waals surface area contributed by atoms with Crippen LogP contribution in [0.5, 0.6) is 5.75 Å². The molecule has 0 aliphatic heterocycles. The second kappa shape index (κ2) is 5.75. The number of benzene rings is 2. The van der Waals surface area contributed by atoms with Gasteiger partial charge in [0.2, 0.25) is 0 Å². The summed E-state index contributed by atoms with van der Waals surface area (Å²) in [4.78, 5) is 23.6. The highest BCUT2D eigenvalue weighted by Gasteiger charge is 2.18. The molecule has 4 nitrogen and oxygen atoms in total. The quantitative estimate of drug-likeness (QED) is 0.878. The summed E-state index contributed by atoms with van der Waals surface area (Å²) in [6.45, 7) is 0. The van der Waals surface area contributed by atoms with Crippen LogP contribution >= 0.6 is 11.6 Å². The first-order valence-electron chi connectivity index (χ1n) is 5.74. The van der Waals surface area contributed by atoms with Crippen LogP contribution in [0.1, 0.15) is 26.3 Å². The zero-order valence-corrected chi connectivity index (χ0v) is 11.3. The highest BCUT2D eigenvalue weighted by molar-refractivity contribution is 6.30. The van der Waals surface area contributed by atoms with Gasteiger partial charge in [0.15, 0.2) is 5.78 Å². The van der Waals surface area contributed by atoms with Crippen LogP contribution in [0.25, 0.3) is 0 Å². The number of carboxylic acids is 1. The van der Waals surface area contributed by atoms with Crippen LogP contribution in [0, 0.1) is 0 Å². The van der Waals surface area contributed by atoms with E-state index in [1.165, 1.54) is 19.2 Å². The number of hydrogen-bond donors (Lipinski definition) is 1. The van der Waals surface area contributed by atoms with Crippen LogP contribution in [0.4, 0.5) is 0 Å². The van der Waals surface area contributed by atoms with Crippen molar-refractivity contribution in [3.05, 3.63) is 64.2 Å². The van der Waals surface area contributed by atoms with Crippen molar-refractivity contribution in [2.45, 2.75) is 0 Å². The van der Waals surface area contributed by atoms with Gasteiger partial charge in [-0.05, 0) is 42.5 Å². The topological polar surface area (TPSA) is 63.6 Å². The molecule has 1 N–H and O–H groups in total. The molecule has 0 saturated carbocycles. The molecular weight excluding hydrogens is 280 g/mol. The molecule has 0 aliphatic rings. The van der Waals surface area contributed by atoms with Gasteiger partial charge in [-0.25, -0.2) is 4.79 Å². The minimum Gasteiger partial charge on any atom is -0.497 e. The maximum Gasteiger partial charge on any atom is 0.336 e. The molecule has 5 heteroatoms. The van der Waals surface area contributed by atoms with Gasteiger partial charge in [0, 0.05) is 16.1 Å². The summed E-state index contributed by atoms with van der Waals surface area (Å²) < 4.78 is 4.97. The molecule has 0 atom stereocenters. The molecule has 2 rings (SSSR count). The number of carbonyl (C=O) groups excluding carboxylic acids is 1. The lowest BCUT2D eigenvalue weighted by Crippen LogP contribution is -2.10. The van der Waals surface area contributed by atoms with E-state index < -0.39 is 5.97 Å². The molecule has 0 aromatic heterocycles. The second-order valence-corrected chi connectivity index (χ2v) is 4.49. The van der Waals surface area contributed by atoms with E-state index in [1.54, 1.807) is 30.3 Å². The molecule has 0 unspecified atom stereocenters. The molecule has 0 radical (unpaired) electrons. The molecule has 0 heterocycles. The van der Waals surface area contributed by atoms with Crippen molar-refractivity contribution in [3.63, 3.8) is 0 Å². The Bertz CT molecular complexity index is 662. The molecule has 20 heavy (non-hydrogen) atoms. The second-order valence-electron chi connectivity index (χ2n) is 4.05. The summed E-state index contributed by atoms with van der Waals surface area (Å²) in [7, 11) is 1.43. The fourth-order valence-corrected chi connectivity index (χ4v) is 1.91. The van der Waals surface area contributed by atoms with E-state index in [4.69, 9.17) is 16.3 Å². The Hall–Kier alpha value is -2.33. The molecule has 102 valence electrons. The molecule has 2 aromatic carbocycles. The van der Waals surface area contributed by atoms with Crippen molar-refractivity contribution in [2.75, 3.05) is 7.11 Å². The molecule has 0 fully saturated rings. The first-order chi connectivity index (χ1) is 9.52. The third kappa shape index (κ3) is 2.81. The summed E-state index contributed by atoms with van der Waals surface area (Å²) in [5, 5.41) is 9.71. The highest BCUT2D eigenvalue weighted by atomic mass is 35.5. The van der Waals surface area contributed by atoms with Gasteiger partial charge >= 0.3 is 5.97 Å². The standard InChI is InChI=1S/C15H11ClO4/c1-20-11-6-7-12(13(8-11)15(18)19)14(17)9-2-4-10(16)5-3-9/h2-8H,1H3,(H,18,19). The van der Waals surface area contributed by atoms with Gasteiger partial charge in [-0.3, -0.25) is 4.79 Å². The van der Waals surface area contributed by atoms with Gasteiger partial charge < -0.3 is 9.84 Å². The van der Waals surface area contributed by atoms with Gasteiger partial charge in [0.1, 0.15) is 5.75 Å². The minimum absolute atomic E-state index is 0.0932. The third-order valence-corrected chi connectivity index (χ3v) is 3.06. The van der Waals surface area contributed by atoms with Gasteiger partial charge in [-0.1, -0.05) is 11.6 Å². The largest absolute Gasteiger partial charge is 0.497 e. The van der Waals surface area contributed by atoms with Crippen LogP contribution < -0.4 is 4.74 Å². The number of methoxy groups -OCH3 is 1. The molecule has 0 spiro atoms. The average molecular weight is 291 g/mol. The predicted molar refractivity (Wildman–Crippen MR) is 74.8 cm³/mol. The van der Waals surface area contributed by atoms with Gasteiger partial charge in [0.25, 0.3) is 0 Å². The average Bonchev–Trinajstić information content (AvgIpc) is 2.46. The molecule has 0 bridgehead atoms. The normalized spacial score (nSPS) is 10.1. The van der Waals surface area contributed by atoms with E-state index >= 15 is 0 Å². The van der Waals surface area contributed by atoms with Crippen molar-refractivity contribution in [1.29, 1.82) is 0 Å². The summed E-state index contributed by atoms with van der Waals surface area (Å²) in [5.74, 6) is -1.17. The maximum atomic E-state index is 12.3. The maximum absolute atomic E-state index is 12.3. The van der Waals surface area contributed by atoms with Crippen LogP contribution in [-0.2, 0) is 0 Å². The number of halogens is 1. The number of ketones is 1. The minimum atomic E-state index is -1.18. The number of hydrogen-bond acceptors (Lipinski definition) is 3. The van der Waals surface area contributed by atoms with E-state index in [1.807, 2.05) is 0 Å². The van der Waals surface area contributed by atoms with E-state index in [0.717, 1.165) is 0 Å². The predicted octanol–water partition coefficient (Wildman–Crippen LogP) is 3.28. The Balaban J connectivity index is 2.48. The van der Waals surface area contributed by atoms with Gasteiger partial charge in [-0.15, -0.1) is 0 Å². The Morgan fingerprint density at radius 2 is 1.70 bits per heavy atom. The Labute approximate surface area is 120 Å². The number of carbonyl (C=O) groups is 2. The van der Waals surface area contributed by atoms with Crippen LogP contribution in [0.15, 0.2) is 42.5 Å². The van der Waals surface area contributed by atoms with Crippen molar-refractivity contribution in [2.24, 2.45) is 0 Å². The Morgan fingerprint density at radius 3 is 2.25 bits per heavy atom. The number of ether oxygens (including phenoxy) is 1. The zero-order chi connectivity index (χ0) is 14.7. The van der Waals surface area contributed by atoms with Crippen molar-refractivity contribution in [3.8, 4) is 5.75 Å². The van der Waals surface area contributed by atoms with Gasteiger partial charge in [-0.2, -0.15) is 0 Å². The summed E-state index contributed by atoms with van der Waals surface area (Å²) >= 11 is 5.76. The van der Waals surface area contributed by atoms with E-state index in [9.17, 15) is 14.7 Å².